The molecule has 0 spiro atoms. The van der Waals surface area contributed by atoms with Gasteiger partial charge in [-0.05, 0) is 31.9 Å². The Morgan fingerprint density at radius 1 is 1.44 bits per heavy atom. The van der Waals surface area contributed by atoms with Crippen LogP contribution in [0.25, 0.3) is 11.1 Å². The topological polar surface area (TPSA) is 64.2 Å². The van der Waals surface area contributed by atoms with E-state index in [0.717, 1.165) is 12.8 Å². The molecule has 0 saturated heterocycles. The summed E-state index contributed by atoms with van der Waals surface area (Å²) < 4.78 is 6.51. The molecule has 1 aliphatic rings. The van der Waals surface area contributed by atoms with E-state index in [9.17, 15) is 9.59 Å². The lowest BCUT2D eigenvalue weighted by molar-refractivity contribution is -0.124. The van der Waals surface area contributed by atoms with Crippen LogP contribution >= 0.6 is 0 Å². The van der Waals surface area contributed by atoms with Crippen LogP contribution in [0.4, 0.5) is 0 Å². The van der Waals surface area contributed by atoms with Crippen LogP contribution < -0.4 is 11.1 Å². The van der Waals surface area contributed by atoms with Crippen LogP contribution in [0.15, 0.2) is 33.5 Å². The molecule has 1 N–H and O–H groups in total. The number of nitrogens with zero attached hydrogens (tertiary/aromatic N) is 1. The van der Waals surface area contributed by atoms with Gasteiger partial charge in [-0.25, -0.2) is 4.79 Å². The number of amides is 1. The molecule has 1 unspecified atom stereocenters. The fraction of sp³-hybridized carbons (Fsp3) is 0.385. The molecule has 0 bridgehead atoms. The molecule has 1 aromatic carbocycles. The Labute approximate surface area is 103 Å². The van der Waals surface area contributed by atoms with Crippen LogP contribution in [0.5, 0.6) is 0 Å². The van der Waals surface area contributed by atoms with Gasteiger partial charge in [0.15, 0.2) is 5.58 Å². The summed E-state index contributed by atoms with van der Waals surface area (Å²) in [4.78, 5) is 23.8. The van der Waals surface area contributed by atoms with Crippen molar-refractivity contribution in [2.24, 2.45) is 0 Å². The monoisotopic (exact) mass is 246 g/mol. The lowest BCUT2D eigenvalue weighted by Gasteiger charge is -2.12. The second-order valence-electron chi connectivity index (χ2n) is 4.66. The van der Waals surface area contributed by atoms with Gasteiger partial charge in [-0.2, -0.15) is 0 Å². The van der Waals surface area contributed by atoms with Crippen molar-refractivity contribution < 1.29 is 9.21 Å². The van der Waals surface area contributed by atoms with Gasteiger partial charge in [0, 0.05) is 6.04 Å². The molecular weight excluding hydrogens is 232 g/mol. The number of nitrogens with one attached hydrogen (secondary N) is 1. The third kappa shape index (κ3) is 1.81. The van der Waals surface area contributed by atoms with Gasteiger partial charge >= 0.3 is 5.76 Å². The SMILES string of the molecule is CC(C(=O)NC1CC1)n1c(=O)oc2ccccc21. The molecule has 1 atom stereocenters. The van der Waals surface area contributed by atoms with Crippen LogP contribution in [0.3, 0.4) is 0 Å². The average molecular weight is 246 g/mol. The van der Waals surface area contributed by atoms with E-state index in [-0.39, 0.29) is 11.9 Å². The van der Waals surface area contributed by atoms with E-state index in [2.05, 4.69) is 5.32 Å². The zero-order chi connectivity index (χ0) is 12.7. The summed E-state index contributed by atoms with van der Waals surface area (Å²) in [7, 11) is 0. The van der Waals surface area contributed by atoms with Crippen molar-refractivity contribution in [3.05, 3.63) is 34.8 Å². The van der Waals surface area contributed by atoms with Crippen molar-refractivity contribution in [2.75, 3.05) is 0 Å². The Bertz CT molecular complexity index is 652. The Morgan fingerprint density at radius 3 is 2.89 bits per heavy atom. The summed E-state index contributed by atoms with van der Waals surface area (Å²) in [5.41, 5.74) is 1.16. The highest BCUT2D eigenvalue weighted by atomic mass is 16.4. The van der Waals surface area contributed by atoms with E-state index in [0.29, 0.717) is 11.1 Å². The zero-order valence-electron chi connectivity index (χ0n) is 10.1. The van der Waals surface area contributed by atoms with E-state index < -0.39 is 11.8 Å². The van der Waals surface area contributed by atoms with Crippen LogP contribution in [0.1, 0.15) is 25.8 Å². The minimum absolute atomic E-state index is 0.133. The third-order valence-electron chi connectivity index (χ3n) is 3.21. The molecular formula is C13H14N2O3. The fourth-order valence-electron chi connectivity index (χ4n) is 2.02. The Kier molecular flexibility index (Phi) is 2.47. The van der Waals surface area contributed by atoms with Gasteiger partial charge in [-0.3, -0.25) is 9.36 Å². The fourth-order valence-corrected chi connectivity index (χ4v) is 2.02. The van der Waals surface area contributed by atoms with Crippen molar-refractivity contribution in [2.45, 2.75) is 31.8 Å². The molecule has 5 nitrogen and oxygen atoms in total. The zero-order valence-corrected chi connectivity index (χ0v) is 10.1. The summed E-state index contributed by atoms with van der Waals surface area (Å²) in [6, 6.07) is 6.85. The predicted octanol–water partition coefficient (Wildman–Crippen LogP) is 1.43. The van der Waals surface area contributed by atoms with Gasteiger partial charge < -0.3 is 9.73 Å². The quantitative estimate of drug-likeness (QED) is 0.891. The standard InChI is InChI=1S/C13H14N2O3/c1-8(12(16)14-9-6-7-9)15-10-4-2-3-5-11(10)18-13(15)17/h2-5,8-9H,6-7H2,1H3,(H,14,16). The Hall–Kier alpha value is -2.04. The van der Waals surface area contributed by atoms with Crippen molar-refractivity contribution in [3.63, 3.8) is 0 Å². The van der Waals surface area contributed by atoms with Crippen LogP contribution in [0, 0.1) is 0 Å². The van der Waals surface area contributed by atoms with Crippen molar-refractivity contribution in [1.82, 2.24) is 9.88 Å². The number of aromatic nitrogens is 1. The summed E-state index contributed by atoms with van der Waals surface area (Å²) >= 11 is 0. The number of benzene rings is 1. The first-order chi connectivity index (χ1) is 8.66. The van der Waals surface area contributed by atoms with Crippen molar-refractivity contribution in [3.8, 4) is 0 Å². The first-order valence-electron chi connectivity index (χ1n) is 6.07. The number of hydrogen-bond donors (Lipinski definition) is 1. The van der Waals surface area contributed by atoms with Crippen LogP contribution in [0.2, 0.25) is 0 Å². The van der Waals surface area contributed by atoms with Gasteiger partial charge in [-0.1, -0.05) is 12.1 Å². The van der Waals surface area contributed by atoms with E-state index in [1.54, 1.807) is 25.1 Å². The molecule has 1 saturated carbocycles. The number of para-hydroxylation sites is 2. The number of fused-ring (bicyclic) bond motifs is 1. The molecule has 1 amide bonds. The van der Waals surface area contributed by atoms with Gasteiger partial charge in [0.1, 0.15) is 6.04 Å². The highest BCUT2D eigenvalue weighted by molar-refractivity contribution is 5.83. The van der Waals surface area contributed by atoms with E-state index >= 15 is 0 Å². The molecule has 2 aromatic rings. The average Bonchev–Trinajstić information content (AvgIpc) is 3.09. The van der Waals surface area contributed by atoms with Crippen molar-refractivity contribution in [1.29, 1.82) is 0 Å². The second kappa shape index (κ2) is 4.01. The number of carbonyl (C=O) groups is 1. The number of carbonyl (C=O) groups excluding carboxylic acids is 1. The number of oxazole rings is 1. The second-order valence-corrected chi connectivity index (χ2v) is 4.66. The summed E-state index contributed by atoms with van der Waals surface area (Å²) in [6.45, 7) is 1.71. The molecule has 1 aliphatic carbocycles. The first kappa shape index (κ1) is 11.1. The lowest BCUT2D eigenvalue weighted by atomic mass is 10.2. The molecule has 5 heteroatoms. The molecule has 18 heavy (non-hydrogen) atoms. The predicted molar refractivity (Wildman–Crippen MR) is 66.3 cm³/mol. The Morgan fingerprint density at radius 2 is 2.17 bits per heavy atom. The largest absolute Gasteiger partial charge is 0.420 e. The van der Waals surface area contributed by atoms with Gasteiger partial charge in [-0.15, -0.1) is 0 Å². The minimum Gasteiger partial charge on any atom is -0.408 e. The number of hydrogen-bond acceptors (Lipinski definition) is 3. The van der Waals surface area contributed by atoms with Crippen molar-refractivity contribution >= 4 is 17.0 Å². The third-order valence-corrected chi connectivity index (χ3v) is 3.21. The van der Waals surface area contributed by atoms with E-state index in [1.165, 1.54) is 4.57 Å². The van der Waals surface area contributed by atoms with E-state index in [4.69, 9.17) is 4.42 Å². The molecule has 0 radical (unpaired) electrons. The van der Waals surface area contributed by atoms with Gasteiger partial charge in [0.2, 0.25) is 5.91 Å². The lowest BCUT2D eigenvalue weighted by Crippen LogP contribution is -2.35. The van der Waals surface area contributed by atoms with Gasteiger partial charge in [0.25, 0.3) is 0 Å². The molecule has 0 aliphatic heterocycles. The normalized spacial score (nSPS) is 16.7. The van der Waals surface area contributed by atoms with E-state index in [1.807, 2.05) is 6.07 Å². The van der Waals surface area contributed by atoms with Crippen LogP contribution in [-0.2, 0) is 4.79 Å². The molecule has 1 aromatic heterocycles. The molecule has 94 valence electrons. The molecule has 3 rings (SSSR count). The highest BCUT2D eigenvalue weighted by Gasteiger charge is 2.28. The highest BCUT2D eigenvalue weighted by Crippen LogP contribution is 2.21. The summed E-state index contributed by atoms with van der Waals surface area (Å²) in [5.74, 6) is -0.624. The Balaban J connectivity index is 1.99. The minimum atomic E-state index is -0.554. The van der Waals surface area contributed by atoms with Crippen LogP contribution in [-0.4, -0.2) is 16.5 Å². The molecule has 1 heterocycles. The summed E-state index contributed by atoms with van der Waals surface area (Å²) in [6.07, 6.45) is 2.05. The maximum Gasteiger partial charge on any atom is 0.420 e. The van der Waals surface area contributed by atoms with Gasteiger partial charge in [0.05, 0.1) is 5.52 Å². The number of rotatable bonds is 3. The molecule has 1 fully saturated rings. The summed E-state index contributed by atoms with van der Waals surface area (Å²) in [5, 5.41) is 2.89. The maximum atomic E-state index is 12.0. The maximum absolute atomic E-state index is 12.0. The smallest absolute Gasteiger partial charge is 0.408 e. The first-order valence-corrected chi connectivity index (χ1v) is 6.07.